The maximum Gasteiger partial charge on any atom is 0.262 e. The lowest BCUT2D eigenvalue weighted by Crippen LogP contribution is -2.25. The first-order valence-electron chi connectivity index (χ1n) is 6.94. The lowest BCUT2D eigenvalue weighted by atomic mass is 9.94. The molecular formula is C17H18N2O2. The molecule has 21 heavy (non-hydrogen) atoms. The van der Waals surface area contributed by atoms with Gasteiger partial charge in [-0.3, -0.25) is 4.79 Å². The van der Waals surface area contributed by atoms with Gasteiger partial charge in [0.1, 0.15) is 5.75 Å². The van der Waals surface area contributed by atoms with Gasteiger partial charge in [-0.05, 0) is 42.7 Å². The van der Waals surface area contributed by atoms with Crippen LogP contribution < -0.4 is 15.8 Å². The number of hydrogen-bond donors (Lipinski definition) is 2. The minimum absolute atomic E-state index is 0.0649. The molecule has 0 saturated carbocycles. The Hall–Kier alpha value is -2.33. The SMILES string of the molecule is Cc1ccc(C)c(C(N)c2ccc3c(c2)NC(=O)CO3)c1. The van der Waals surface area contributed by atoms with E-state index in [9.17, 15) is 4.79 Å². The van der Waals surface area contributed by atoms with Gasteiger partial charge >= 0.3 is 0 Å². The van der Waals surface area contributed by atoms with Crippen molar-refractivity contribution >= 4 is 11.6 Å². The Morgan fingerprint density at radius 3 is 2.81 bits per heavy atom. The number of ether oxygens (including phenoxy) is 1. The lowest BCUT2D eigenvalue weighted by molar-refractivity contribution is -0.118. The Kier molecular flexibility index (Phi) is 3.39. The van der Waals surface area contributed by atoms with Crippen LogP contribution in [0.3, 0.4) is 0 Å². The average molecular weight is 282 g/mol. The number of amides is 1. The summed E-state index contributed by atoms with van der Waals surface area (Å²) < 4.78 is 5.37. The molecule has 108 valence electrons. The molecule has 0 saturated heterocycles. The lowest BCUT2D eigenvalue weighted by Gasteiger charge is -2.21. The Labute approximate surface area is 123 Å². The highest BCUT2D eigenvalue weighted by molar-refractivity contribution is 5.95. The second-order valence-electron chi connectivity index (χ2n) is 5.43. The van der Waals surface area contributed by atoms with Gasteiger partial charge in [0, 0.05) is 0 Å². The summed E-state index contributed by atoms with van der Waals surface area (Å²) in [4.78, 5) is 11.4. The fourth-order valence-electron chi connectivity index (χ4n) is 2.57. The van der Waals surface area contributed by atoms with Crippen LogP contribution in [0.2, 0.25) is 0 Å². The molecule has 4 heteroatoms. The van der Waals surface area contributed by atoms with Crippen LogP contribution in [0.1, 0.15) is 28.3 Å². The number of aryl methyl sites for hydroxylation is 2. The van der Waals surface area contributed by atoms with Crippen LogP contribution in [0, 0.1) is 13.8 Å². The number of carbonyl (C=O) groups excluding carboxylic acids is 1. The maximum atomic E-state index is 11.4. The quantitative estimate of drug-likeness (QED) is 0.890. The minimum Gasteiger partial charge on any atom is -0.482 e. The topological polar surface area (TPSA) is 64.3 Å². The molecule has 2 aromatic rings. The van der Waals surface area contributed by atoms with Crippen molar-refractivity contribution in [2.75, 3.05) is 11.9 Å². The number of rotatable bonds is 2. The fraction of sp³-hybridized carbons (Fsp3) is 0.235. The molecule has 1 amide bonds. The van der Waals surface area contributed by atoms with Crippen LogP contribution >= 0.6 is 0 Å². The number of carbonyl (C=O) groups is 1. The van der Waals surface area contributed by atoms with Crippen molar-refractivity contribution in [1.82, 2.24) is 0 Å². The highest BCUT2D eigenvalue weighted by Crippen LogP contribution is 2.32. The molecular weight excluding hydrogens is 264 g/mol. The maximum absolute atomic E-state index is 11.4. The van der Waals surface area contributed by atoms with E-state index in [0.29, 0.717) is 11.4 Å². The van der Waals surface area contributed by atoms with Crippen LogP contribution in [0.4, 0.5) is 5.69 Å². The first-order valence-corrected chi connectivity index (χ1v) is 6.94. The van der Waals surface area contributed by atoms with Gasteiger partial charge in [-0.1, -0.05) is 29.8 Å². The van der Waals surface area contributed by atoms with Gasteiger partial charge in [0.15, 0.2) is 6.61 Å². The zero-order valence-corrected chi connectivity index (χ0v) is 12.1. The molecule has 4 nitrogen and oxygen atoms in total. The Balaban J connectivity index is 1.98. The first kappa shape index (κ1) is 13.6. The molecule has 0 spiro atoms. The standard InChI is InChI=1S/C17H18N2O2/c1-10-3-4-11(2)13(7-10)17(18)12-5-6-15-14(8-12)19-16(20)9-21-15/h3-8,17H,9,18H2,1-2H3,(H,19,20). The summed E-state index contributed by atoms with van der Waals surface area (Å²) in [7, 11) is 0. The summed E-state index contributed by atoms with van der Waals surface area (Å²) in [6.07, 6.45) is 0. The summed E-state index contributed by atoms with van der Waals surface area (Å²) in [5.41, 5.74) is 11.5. The van der Waals surface area contributed by atoms with Crippen LogP contribution in [-0.4, -0.2) is 12.5 Å². The van der Waals surface area contributed by atoms with Gasteiger partial charge in [0.2, 0.25) is 0 Å². The molecule has 0 radical (unpaired) electrons. The zero-order valence-electron chi connectivity index (χ0n) is 12.1. The second kappa shape index (κ2) is 5.22. The van der Waals surface area contributed by atoms with Gasteiger partial charge in [-0.15, -0.1) is 0 Å². The van der Waals surface area contributed by atoms with E-state index in [1.807, 2.05) is 18.2 Å². The molecule has 1 aliphatic heterocycles. The minimum atomic E-state index is -0.228. The summed E-state index contributed by atoms with van der Waals surface area (Å²) in [5, 5.41) is 2.81. The summed E-state index contributed by atoms with van der Waals surface area (Å²) in [6, 6.07) is 11.7. The molecule has 1 heterocycles. The molecule has 3 rings (SSSR count). The van der Waals surface area contributed by atoms with Crippen molar-refractivity contribution in [3.8, 4) is 5.75 Å². The van der Waals surface area contributed by atoms with Crippen LogP contribution in [0.5, 0.6) is 5.75 Å². The van der Waals surface area contributed by atoms with Crippen LogP contribution in [0.25, 0.3) is 0 Å². The smallest absolute Gasteiger partial charge is 0.262 e. The molecule has 0 aliphatic carbocycles. The number of nitrogens with one attached hydrogen (secondary N) is 1. The van der Waals surface area contributed by atoms with E-state index < -0.39 is 0 Å². The van der Waals surface area contributed by atoms with E-state index in [-0.39, 0.29) is 18.6 Å². The molecule has 1 aliphatic rings. The van der Waals surface area contributed by atoms with E-state index in [1.165, 1.54) is 5.56 Å². The second-order valence-corrected chi connectivity index (χ2v) is 5.43. The fourth-order valence-corrected chi connectivity index (χ4v) is 2.57. The Morgan fingerprint density at radius 2 is 2.00 bits per heavy atom. The first-order chi connectivity index (χ1) is 10.0. The van der Waals surface area contributed by atoms with Crippen molar-refractivity contribution in [3.05, 3.63) is 58.7 Å². The van der Waals surface area contributed by atoms with Crippen LogP contribution in [0.15, 0.2) is 36.4 Å². The van der Waals surface area contributed by atoms with Crippen LogP contribution in [-0.2, 0) is 4.79 Å². The van der Waals surface area contributed by atoms with E-state index in [4.69, 9.17) is 10.5 Å². The predicted molar refractivity (Wildman–Crippen MR) is 82.5 cm³/mol. The van der Waals surface area contributed by atoms with Gasteiger partial charge in [0.25, 0.3) is 5.91 Å². The molecule has 0 aromatic heterocycles. The number of nitrogens with two attached hydrogens (primary N) is 1. The highest BCUT2D eigenvalue weighted by atomic mass is 16.5. The summed E-state index contributed by atoms with van der Waals surface area (Å²) >= 11 is 0. The third-order valence-electron chi connectivity index (χ3n) is 3.77. The van der Waals surface area contributed by atoms with Crippen molar-refractivity contribution in [2.24, 2.45) is 5.73 Å². The van der Waals surface area contributed by atoms with E-state index in [0.717, 1.165) is 16.7 Å². The third kappa shape index (κ3) is 2.62. The van der Waals surface area contributed by atoms with Crippen molar-refractivity contribution in [2.45, 2.75) is 19.9 Å². The molecule has 0 bridgehead atoms. The number of anilines is 1. The van der Waals surface area contributed by atoms with E-state index in [2.05, 4.69) is 37.4 Å². The summed E-state index contributed by atoms with van der Waals surface area (Å²) in [6.45, 7) is 4.17. The van der Waals surface area contributed by atoms with Gasteiger partial charge in [0.05, 0.1) is 11.7 Å². The number of benzene rings is 2. The highest BCUT2D eigenvalue weighted by Gasteiger charge is 2.19. The summed E-state index contributed by atoms with van der Waals surface area (Å²) in [5.74, 6) is 0.548. The largest absolute Gasteiger partial charge is 0.482 e. The van der Waals surface area contributed by atoms with Gasteiger partial charge in [-0.2, -0.15) is 0 Å². The Bertz CT molecular complexity index is 710. The monoisotopic (exact) mass is 282 g/mol. The molecule has 2 aromatic carbocycles. The number of hydrogen-bond acceptors (Lipinski definition) is 3. The normalized spacial score (nSPS) is 14.9. The van der Waals surface area contributed by atoms with E-state index in [1.54, 1.807) is 0 Å². The van der Waals surface area contributed by atoms with Crippen molar-refractivity contribution in [3.63, 3.8) is 0 Å². The van der Waals surface area contributed by atoms with Crippen molar-refractivity contribution in [1.29, 1.82) is 0 Å². The van der Waals surface area contributed by atoms with Crippen molar-refractivity contribution < 1.29 is 9.53 Å². The van der Waals surface area contributed by atoms with E-state index >= 15 is 0 Å². The third-order valence-corrected chi connectivity index (χ3v) is 3.77. The van der Waals surface area contributed by atoms with Gasteiger partial charge in [-0.25, -0.2) is 0 Å². The molecule has 1 atom stereocenters. The molecule has 3 N–H and O–H groups in total. The molecule has 0 fully saturated rings. The molecule has 1 unspecified atom stereocenters. The average Bonchev–Trinajstić information content (AvgIpc) is 2.48. The predicted octanol–water partition coefficient (Wildman–Crippen LogP) is 2.68. The zero-order chi connectivity index (χ0) is 15.0. The Morgan fingerprint density at radius 1 is 1.19 bits per heavy atom. The number of fused-ring (bicyclic) bond motifs is 1. The van der Waals surface area contributed by atoms with Gasteiger partial charge < -0.3 is 15.8 Å².